The van der Waals surface area contributed by atoms with Gasteiger partial charge in [0.15, 0.2) is 0 Å². The van der Waals surface area contributed by atoms with Crippen molar-refractivity contribution in [2.45, 2.75) is 12.3 Å². The summed E-state index contributed by atoms with van der Waals surface area (Å²) in [5, 5.41) is 9.11. The molecule has 0 radical (unpaired) electrons. The minimum Gasteiger partial charge on any atom is -0.481 e. The number of hydrogen-bond acceptors (Lipinski definition) is 2. The Bertz CT molecular complexity index is 457. The van der Waals surface area contributed by atoms with Crippen LogP contribution in [0.25, 0.3) is 0 Å². The molecule has 5 heteroatoms. The Kier molecular flexibility index (Phi) is 3.10. The molecular weight excluding hydrogens is 247 g/mol. The lowest BCUT2D eigenvalue weighted by Gasteiger charge is -2.44. The molecule has 1 aromatic rings. The lowest BCUT2D eigenvalue weighted by Crippen LogP contribution is -2.53. The van der Waals surface area contributed by atoms with Gasteiger partial charge in [-0.25, -0.2) is 4.39 Å². The second-order valence-corrected chi connectivity index (χ2v) is 4.74. The van der Waals surface area contributed by atoms with Gasteiger partial charge in [0.25, 0.3) is 0 Å². The zero-order chi connectivity index (χ0) is 12.6. The fourth-order valence-corrected chi connectivity index (χ4v) is 2.21. The van der Waals surface area contributed by atoms with Crippen LogP contribution in [0.1, 0.15) is 12.5 Å². The average Bonchev–Trinajstić information content (AvgIpc) is 2.21. The molecule has 1 heterocycles. The lowest BCUT2D eigenvalue weighted by atomic mass is 9.69. The summed E-state index contributed by atoms with van der Waals surface area (Å²) in [4.78, 5) is 11.1. The van der Waals surface area contributed by atoms with Gasteiger partial charge < -0.3 is 9.84 Å². The summed E-state index contributed by atoms with van der Waals surface area (Å²) < 4.78 is 18.2. The highest BCUT2D eigenvalue weighted by Crippen LogP contribution is 2.40. The third-order valence-electron chi connectivity index (χ3n) is 3.41. The number of carbonyl (C=O) groups is 1. The molecule has 1 saturated heterocycles. The number of ether oxygens (including phenoxy) is 1. The number of rotatable bonds is 3. The summed E-state index contributed by atoms with van der Waals surface area (Å²) in [5.74, 6) is -2.00. The van der Waals surface area contributed by atoms with E-state index >= 15 is 0 Å². The molecule has 0 aliphatic carbocycles. The average molecular weight is 259 g/mol. The van der Waals surface area contributed by atoms with Crippen molar-refractivity contribution in [3.05, 3.63) is 34.6 Å². The lowest BCUT2D eigenvalue weighted by molar-refractivity contribution is -0.155. The van der Waals surface area contributed by atoms with Crippen molar-refractivity contribution in [3.63, 3.8) is 0 Å². The van der Waals surface area contributed by atoms with E-state index in [1.54, 1.807) is 13.0 Å². The topological polar surface area (TPSA) is 46.5 Å². The molecule has 1 aliphatic heterocycles. The van der Waals surface area contributed by atoms with Crippen LogP contribution in [-0.2, 0) is 14.9 Å². The highest BCUT2D eigenvalue weighted by molar-refractivity contribution is 6.30. The molecule has 0 saturated carbocycles. The molecule has 0 spiro atoms. The Hall–Kier alpha value is -1.13. The van der Waals surface area contributed by atoms with Crippen LogP contribution in [0, 0.1) is 11.7 Å². The minimum atomic E-state index is -0.895. The van der Waals surface area contributed by atoms with E-state index in [1.165, 1.54) is 12.1 Å². The molecular formula is C12H12ClFO3. The van der Waals surface area contributed by atoms with Crippen molar-refractivity contribution < 1.29 is 19.0 Å². The van der Waals surface area contributed by atoms with E-state index in [-0.39, 0.29) is 5.02 Å². The molecule has 1 atom stereocenters. The molecule has 2 rings (SSSR count). The number of carboxylic acid groups (broad SMARTS) is 1. The van der Waals surface area contributed by atoms with Crippen LogP contribution in [-0.4, -0.2) is 24.3 Å². The van der Waals surface area contributed by atoms with E-state index in [0.717, 1.165) is 0 Å². The van der Waals surface area contributed by atoms with E-state index in [9.17, 15) is 9.18 Å². The summed E-state index contributed by atoms with van der Waals surface area (Å²) in [6, 6.07) is 4.31. The predicted octanol–water partition coefficient (Wildman–Crippen LogP) is 2.47. The summed E-state index contributed by atoms with van der Waals surface area (Å²) in [6.45, 7) is 2.27. The largest absolute Gasteiger partial charge is 0.481 e. The molecule has 0 amide bonds. The molecule has 17 heavy (non-hydrogen) atoms. The number of halogens is 2. The fourth-order valence-electron chi connectivity index (χ4n) is 2.03. The van der Waals surface area contributed by atoms with Crippen LogP contribution >= 0.6 is 11.6 Å². The number of carboxylic acids is 1. The molecule has 1 fully saturated rings. The van der Waals surface area contributed by atoms with Gasteiger partial charge in [0, 0.05) is 0 Å². The summed E-state index contributed by atoms with van der Waals surface area (Å²) in [7, 11) is 0. The van der Waals surface area contributed by atoms with Gasteiger partial charge in [0.2, 0.25) is 0 Å². The first-order chi connectivity index (χ1) is 7.97. The molecule has 1 aliphatic rings. The quantitative estimate of drug-likeness (QED) is 0.906. The number of hydrogen-bond donors (Lipinski definition) is 1. The third-order valence-corrected chi connectivity index (χ3v) is 3.70. The van der Waals surface area contributed by atoms with Crippen LogP contribution < -0.4 is 0 Å². The Labute approximate surface area is 103 Å². The second kappa shape index (κ2) is 4.27. The maximum Gasteiger partial charge on any atom is 0.307 e. The first kappa shape index (κ1) is 12.3. The van der Waals surface area contributed by atoms with Crippen LogP contribution in [0.5, 0.6) is 0 Å². The third kappa shape index (κ3) is 1.91. The molecule has 92 valence electrons. The van der Waals surface area contributed by atoms with Crippen LogP contribution in [0.2, 0.25) is 5.02 Å². The van der Waals surface area contributed by atoms with Gasteiger partial charge in [-0.1, -0.05) is 24.6 Å². The Morgan fingerprint density at radius 2 is 2.24 bits per heavy atom. The van der Waals surface area contributed by atoms with Crippen molar-refractivity contribution >= 4 is 17.6 Å². The van der Waals surface area contributed by atoms with Gasteiger partial charge in [-0.05, 0) is 17.7 Å². The summed E-state index contributed by atoms with van der Waals surface area (Å²) in [5.41, 5.74) is 0.119. The maximum absolute atomic E-state index is 13.1. The molecule has 3 nitrogen and oxygen atoms in total. The normalized spacial score (nSPS) is 19.5. The maximum atomic E-state index is 13.1. The molecule has 1 N–H and O–H groups in total. The van der Waals surface area contributed by atoms with E-state index in [1.807, 2.05) is 0 Å². The highest BCUT2D eigenvalue weighted by Gasteiger charge is 2.48. The molecule has 0 aromatic heterocycles. The van der Waals surface area contributed by atoms with Crippen LogP contribution in [0.4, 0.5) is 4.39 Å². The predicted molar refractivity (Wildman–Crippen MR) is 60.7 cm³/mol. The zero-order valence-corrected chi connectivity index (χ0v) is 10.00. The van der Waals surface area contributed by atoms with Crippen molar-refractivity contribution in [2.24, 2.45) is 5.92 Å². The van der Waals surface area contributed by atoms with Gasteiger partial charge in [-0.15, -0.1) is 0 Å². The number of benzene rings is 1. The van der Waals surface area contributed by atoms with Gasteiger partial charge in [-0.2, -0.15) is 0 Å². The minimum absolute atomic E-state index is 0.00589. The first-order valence-electron chi connectivity index (χ1n) is 5.23. The van der Waals surface area contributed by atoms with Crippen molar-refractivity contribution in [2.75, 3.05) is 13.2 Å². The van der Waals surface area contributed by atoms with E-state index in [2.05, 4.69) is 0 Å². The Morgan fingerprint density at radius 1 is 1.59 bits per heavy atom. The monoisotopic (exact) mass is 258 g/mol. The molecule has 1 aromatic carbocycles. The smallest absolute Gasteiger partial charge is 0.307 e. The standard InChI is InChI=1S/C12H12ClFO3/c1-7(11(15)16)12(5-17-6-12)8-2-3-10(14)9(13)4-8/h2-4,7H,5-6H2,1H3,(H,15,16). The van der Waals surface area contributed by atoms with Gasteiger partial charge in [-0.3, -0.25) is 4.79 Å². The SMILES string of the molecule is CC(C(=O)O)C1(c2ccc(F)c(Cl)c2)COC1. The Balaban J connectivity index is 2.41. The van der Waals surface area contributed by atoms with E-state index in [4.69, 9.17) is 21.4 Å². The summed E-state index contributed by atoms with van der Waals surface area (Å²) >= 11 is 5.72. The first-order valence-corrected chi connectivity index (χ1v) is 5.61. The second-order valence-electron chi connectivity index (χ2n) is 4.34. The summed E-state index contributed by atoms with van der Waals surface area (Å²) in [6.07, 6.45) is 0. The van der Waals surface area contributed by atoms with Gasteiger partial charge in [0.05, 0.1) is 29.6 Å². The molecule has 0 bridgehead atoms. The van der Waals surface area contributed by atoms with E-state index in [0.29, 0.717) is 18.8 Å². The fraction of sp³-hybridized carbons (Fsp3) is 0.417. The van der Waals surface area contributed by atoms with Gasteiger partial charge in [0.1, 0.15) is 5.82 Å². The molecule has 1 unspecified atom stereocenters. The van der Waals surface area contributed by atoms with Crippen molar-refractivity contribution in [1.29, 1.82) is 0 Å². The number of aliphatic carboxylic acids is 1. The van der Waals surface area contributed by atoms with Crippen molar-refractivity contribution in [1.82, 2.24) is 0 Å². The van der Waals surface area contributed by atoms with E-state index < -0.39 is 23.1 Å². The Morgan fingerprint density at radius 3 is 2.65 bits per heavy atom. The van der Waals surface area contributed by atoms with Crippen LogP contribution in [0.3, 0.4) is 0 Å². The van der Waals surface area contributed by atoms with Crippen LogP contribution in [0.15, 0.2) is 18.2 Å². The van der Waals surface area contributed by atoms with Crippen molar-refractivity contribution in [3.8, 4) is 0 Å². The zero-order valence-electron chi connectivity index (χ0n) is 9.24. The highest BCUT2D eigenvalue weighted by atomic mass is 35.5. The van der Waals surface area contributed by atoms with Gasteiger partial charge >= 0.3 is 5.97 Å².